The maximum absolute atomic E-state index is 11.5. The second-order valence-corrected chi connectivity index (χ2v) is 7.94. The Kier molecular flexibility index (Phi) is 6.85. The molecule has 0 atom stereocenters. The van der Waals surface area contributed by atoms with Crippen molar-refractivity contribution in [3.63, 3.8) is 0 Å². The highest BCUT2D eigenvalue weighted by Gasteiger charge is 2.15. The van der Waals surface area contributed by atoms with E-state index < -0.39 is 0 Å². The fourth-order valence-corrected chi connectivity index (χ4v) is 3.32. The van der Waals surface area contributed by atoms with E-state index >= 15 is 0 Å². The number of amides is 1. The van der Waals surface area contributed by atoms with Gasteiger partial charge >= 0.3 is 5.97 Å². The lowest BCUT2D eigenvalue weighted by atomic mass is 10.1. The van der Waals surface area contributed by atoms with E-state index in [9.17, 15) is 9.59 Å². The smallest absolute Gasteiger partial charge is 0.316 e. The second kappa shape index (κ2) is 7.90. The van der Waals surface area contributed by atoms with Crippen LogP contribution >= 0.6 is 34.7 Å². The first-order chi connectivity index (χ1) is 9.26. The molecule has 0 aliphatic carbocycles. The average molecular weight is 336 g/mol. The molecule has 0 fully saturated rings. The first kappa shape index (κ1) is 17.3. The van der Waals surface area contributed by atoms with Gasteiger partial charge in [-0.25, -0.2) is 0 Å². The van der Waals surface area contributed by atoms with Crippen LogP contribution in [0.5, 0.6) is 0 Å². The quantitative estimate of drug-likeness (QED) is 0.812. The summed E-state index contributed by atoms with van der Waals surface area (Å²) >= 11 is 8.74. The number of hydrogen-bond acceptors (Lipinski definition) is 5. The Morgan fingerprint density at radius 2 is 2.10 bits per heavy atom. The zero-order valence-corrected chi connectivity index (χ0v) is 14.1. The van der Waals surface area contributed by atoms with Crippen LogP contribution in [0.2, 0.25) is 4.34 Å². The molecule has 1 aromatic rings. The molecular weight excluding hydrogens is 318 g/mol. The minimum absolute atomic E-state index is 0.221. The summed E-state index contributed by atoms with van der Waals surface area (Å²) < 4.78 is 5.64. The van der Waals surface area contributed by atoms with E-state index in [4.69, 9.17) is 16.3 Å². The van der Waals surface area contributed by atoms with Crippen molar-refractivity contribution in [2.75, 3.05) is 12.4 Å². The number of carbonyl (C=O) groups excluding carboxylic acids is 2. The summed E-state index contributed by atoms with van der Waals surface area (Å²) in [5, 5.41) is 2.72. The molecular formula is C13H18ClNO3S2. The molecule has 4 nitrogen and oxygen atoms in total. The van der Waals surface area contributed by atoms with E-state index in [0.717, 1.165) is 9.21 Å². The van der Waals surface area contributed by atoms with E-state index in [1.807, 2.05) is 32.9 Å². The number of halogens is 1. The van der Waals surface area contributed by atoms with Crippen LogP contribution in [0.1, 0.15) is 25.6 Å². The number of ether oxygens (including phenoxy) is 1. The molecule has 0 aliphatic rings. The Balaban J connectivity index is 2.16. The van der Waals surface area contributed by atoms with Gasteiger partial charge in [0.1, 0.15) is 0 Å². The van der Waals surface area contributed by atoms with Crippen molar-refractivity contribution in [2.24, 2.45) is 0 Å². The molecule has 0 unspecified atom stereocenters. The van der Waals surface area contributed by atoms with Crippen molar-refractivity contribution in [1.82, 2.24) is 5.32 Å². The third-order valence-corrected chi connectivity index (χ3v) is 4.34. The van der Waals surface area contributed by atoms with Gasteiger partial charge in [0, 0.05) is 16.2 Å². The molecule has 1 amide bonds. The standard InChI is InChI=1S/C13H18ClNO3S2/c1-13(2,3)15-11(16)6-18-12(17)8-19-7-9-4-5-10(14)20-9/h4-5H,6-8H2,1-3H3,(H,15,16). The predicted octanol–water partition coefficient (Wildman–Crippen LogP) is 3.09. The molecule has 1 rings (SSSR count). The lowest BCUT2D eigenvalue weighted by Crippen LogP contribution is -2.42. The zero-order chi connectivity index (χ0) is 15.2. The lowest BCUT2D eigenvalue weighted by molar-refractivity contribution is -0.146. The molecule has 0 bridgehead atoms. The summed E-state index contributed by atoms with van der Waals surface area (Å²) in [4.78, 5) is 24.0. The summed E-state index contributed by atoms with van der Waals surface area (Å²) in [7, 11) is 0. The summed E-state index contributed by atoms with van der Waals surface area (Å²) in [5.74, 6) is 0.251. The number of nitrogens with one attached hydrogen (secondary N) is 1. The largest absolute Gasteiger partial charge is 0.455 e. The molecule has 112 valence electrons. The molecule has 20 heavy (non-hydrogen) atoms. The Morgan fingerprint density at radius 1 is 1.40 bits per heavy atom. The number of thioether (sulfide) groups is 1. The molecule has 0 aliphatic heterocycles. The Bertz CT molecular complexity index is 468. The van der Waals surface area contributed by atoms with Crippen molar-refractivity contribution in [3.05, 3.63) is 21.3 Å². The molecule has 0 saturated carbocycles. The van der Waals surface area contributed by atoms with Gasteiger partial charge in [-0.2, -0.15) is 0 Å². The van der Waals surface area contributed by atoms with E-state index in [-0.39, 0.29) is 29.8 Å². The zero-order valence-electron chi connectivity index (χ0n) is 11.7. The molecule has 7 heteroatoms. The molecule has 0 spiro atoms. The Hall–Kier alpha value is -0.720. The third-order valence-electron chi connectivity index (χ3n) is 1.97. The van der Waals surface area contributed by atoms with Gasteiger partial charge in [-0.1, -0.05) is 11.6 Å². The van der Waals surface area contributed by atoms with Gasteiger partial charge in [0.25, 0.3) is 5.91 Å². The fraction of sp³-hybridized carbons (Fsp3) is 0.538. The van der Waals surface area contributed by atoms with Crippen LogP contribution in [0.25, 0.3) is 0 Å². The predicted molar refractivity (Wildman–Crippen MR) is 84.3 cm³/mol. The maximum atomic E-state index is 11.5. The van der Waals surface area contributed by atoms with Crippen LogP contribution < -0.4 is 5.32 Å². The number of carbonyl (C=O) groups is 2. The maximum Gasteiger partial charge on any atom is 0.316 e. The van der Waals surface area contributed by atoms with Crippen molar-refractivity contribution in [2.45, 2.75) is 32.1 Å². The minimum atomic E-state index is -0.387. The van der Waals surface area contributed by atoms with Gasteiger partial charge in [-0.3, -0.25) is 9.59 Å². The van der Waals surface area contributed by atoms with E-state index in [0.29, 0.717) is 5.75 Å². The molecule has 0 aromatic carbocycles. The Labute approximate surface area is 132 Å². The number of rotatable bonds is 6. The van der Waals surface area contributed by atoms with Crippen LogP contribution in [0.3, 0.4) is 0 Å². The van der Waals surface area contributed by atoms with Crippen molar-refractivity contribution in [3.8, 4) is 0 Å². The van der Waals surface area contributed by atoms with Gasteiger partial charge in [0.15, 0.2) is 6.61 Å². The van der Waals surface area contributed by atoms with E-state index in [1.165, 1.54) is 23.1 Å². The monoisotopic (exact) mass is 335 g/mol. The normalized spacial score (nSPS) is 11.2. The first-order valence-corrected chi connectivity index (χ1v) is 8.40. The highest BCUT2D eigenvalue weighted by Crippen LogP contribution is 2.25. The molecule has 1 aromatic heterocycles. The summed E-state index contributed by atoms with van der Waals surface area (Å²) in [6.45, 7) is 5.37. The van der Waals surface area contributed by atoms with Gasteiger partial charge in [0.05, 0.1) is 10.1 Å². The third kappa shape index (κ3) is 7.77. The second-order valence-electron chi connectivity index (χ2n) is 5.16. The van der Waals surface area contributed by atoms with Crippen molar-refractivity contribution < 1.29 is 14.3 Å². The van der Waals surface area contributed by atoms with Crippen LogP contribution in [0.15, 0.2) is 12.1 Å². The molecule has 0 radical (unpaired) electrons. The van der Waals surface area contributed by atoms with Gasteiger partial charge < -0.3 is 10.1 Å². The van der Waals surface area contributed by atoms with E-state index in [2.05, 4.69) is 5.32 Å². The van der Waals surface area contributed by atoms with E-state index in [1.54, 1.807) is 0 Å². The topological polar surface area (TPSA) is 55.4 Å². The van der Waals surface area contributed by atoms with Crippen molar-refractivity contribution >= 4 is 46.6 Å². The summed E-state index contributed by atoms with van der Waals surface area (Å²) in [6, 6.07) is 3.76. The highest BCUT2D eigenvalue weighted by molar-refractivity contribution is 7.99. The Morgan fingerprint density at radius 3 is 2.65 bits per heavy atom. The first-order valence-electron chi connectivity index (χ1n) is 6.05. The average Bonchev–Trinajstić information content (AvgIpc) is 2.70. The lowest BCUT2D eigenvalue weighted by Gasteiger charge is -2.20. The van der Waals surface area contributed by atoms with Gasteiger partial charge in [-0.15, -0.1) is 23.1 Å². The van der Waals surface area contributed by atoms with Crippen LogP contribution in [-0.4, -0.2) is 29.8 Å². The van der Waals surface area contributed by atoms with Gasteiger partial charge in [0.2, 0.25) is 0 Å². The summed E-state index contributed by atoms with van der Waals surface area (Å²) in [6.07, 6.45) is 0. The SMILES string of the molecule is CC(C)(C)NC(=O)COC(=O)CSCc1ccc(Cl)s1. The molecule has 1 N–H and O–H groups in total. The van der Waals surface area contributed by atoms with Crippen LogP contribution in [0, 0.1) is 0 Å². The summed E-state index contributed by atoms with van der Waals surface area (Å²) in [5.41, 5.74) is -0.323. The molecule has 0 saturated heterocycles. The van der Waals surface area contributed by atoms with Crippen LogP contribution in [-0.2, 0) is 20.1 Å². The fourth-order valence-electron chi connectivity index (χ4n) is 1.31. The van der Waals surface area contributed by atoms with Gasteiger partial charge in [-0.05, 0) is 32.9 Å². The highest BCUT2D eigenvalue weighted by atomic mass is 35.5. The number of hydrogen-bond donors (Lipinski definition) is 1. The minimum Gasteiger partial charge on any atom is -0.455 e. The molecule has 1 heterocycles. The number of esters is 1. The van der Waals surface area contributed by atoms with Crippen molar-refractivity contribution in [1.29, 1.82) is 0 Å². The van der Waals surface area contributed by atoms with Crippen LogP contribution in [0.4, 0.5) is 0 Å². The number of thiophene rings is 1.